The van der Waals surface area contributed by atoms with E-state index < -0.39 is 12.1 Å². The molecule has 0 saturated carbocycles. The predicted octanol–water partition coefficient (Wildman–Crippen LogP) is -0.0493. The van der Waals surface area contributed by atoms with Crippen LogP contribution in [0.1, 0.15) is 20.8 Å². The zero-order chi connectivity index (χ0) is 20.5. The Hall–Kier alpha value is -1.91. The van der Waals surface area contributed by atoms with Crippen LogP contribution in [0.2, 0.25) is 0 Å². The summed E-state index contributed by atoms with van der Waals surface area (Å²) in [5, 5.41) is 8.71. The first kappa shape index (κ1) is 25.1. The van der Waals surface area contributed by atoms with Gasteiger partial charge in [-0.3, -0.25) is 9.59 Å². The van der Waals surface area contributed by atoms with Crippen molar-refractivity contribution in [2.45, 2.75) is 32.9 Å². The van der Waals surface area contributed by atoms with Gasteiger partial charge in [0, 0.05) is 18.0 Å². The molecule has 0 saturated heterocycles. The number of carbonyl (C=O) groups is 2. The molecule has 0 aromatic heterocycles. The molecular weight excluding hydrogens is 356 g/mol. The van der Waals surface area contributed by atoms with Crippen molar-refractivity contribution in [1.82, 2.24) is 10.6 Å². The van der Waals surface area contributed by atoms with E-state index >= 15 is 0 Å². The maximum atomic E-state index is 12.2. The van der Waals surface area contributed by atoms with Gasteiger partial charge in [0.15, 0.2) is 0 Å². The molecule has 0 aromatic carbocycles. The number of nitrogens with zero attached hydrogens (tertiary/aromatic N) is 3. The lowest BCUT2D eigenvalue weighted by Crippen LogP contribution is -2.53. The smallest absolute Gasteiger partial charge is 0.242 e. The maximum Gasteiger partial charge on any atom is 0.242 e. The summed E-state index contributed by atoms with van der Waals surface area (Å²) in [5.74, 6) is -0.688. The first-order chi connectivity index (χ1) is 12.9. The van der Waals surface area contributed by atoms with Gasteiger partial charge in [0.25, 0.3) is 0 Å². The third-order valence-corrected chi connectivity index (χ3v) is 3.35. The fraction of sp³-hybridized carbons (Fsp3) is 0.875. The Labute approximate surface area is 159 Å². The summed E-state index contributed by atoms with van der Waals surface area (Å²) in [6, 6.07) is -1.30. The van der Waals surface area contributed by atoms with Gasteiger partial charge in [-0.1, -0.05) is 19.0 Å². The van der Waals surface area contributed by atoms with E-state index in [-0.39, 0.29) is 17.7 Å². The highest BCUT2D eigenvalue weighted by Crippen LogP contribution is 2.02. The molecule has 2 amide bonds. The monoisotopic (exact) mass is 388 g/mol. The first-order valence-electron chi connectivity index (χ1n) is 8.97. The van der Waals surface area contributed by atoms with Gasteiger partial charge in [-0.2, -0.15) is 0 Å². The number of ether oxygens (including phenoxy) is 3. The molecule has 0 heterocycles. The maximum absolute atomic E-state index is 12.2. The molecule has 27 heavy (non-hydrogen) atoms. The highest BCUT2D eigenvalue weighted by molar-refractivity contribution is 5.89. The molecule has 11 nitrogen and oxygen atoms in total. The number of rotatable bonds is 16. The zero-order valence-corrected chi connectivity index (χ0v) is 16.3. The Morgan fingerprint density at radius 2 is 1.56 bits per heavy atom. The van der Waals surface area contributed by atoms with E-state index in [0.717, 1.165) is 0 Å². The van der Waals surface area contributed by atoms with E-state index in [1.165, 1.54) is 0 Å². The van der Waals surface area contributed by atoms with Crippen molar-refractivity contribution < 1.29 is 23.8 Å². The number of hydrogen-bond acceptors (Lipinski definition) is 7. The molecule has 0 radical (unpaired) electrons. The Bertz CT molecular complexity index is 468. The zero-order valence-electron chi connectivity index (χ0n) is 16.3. The van der Waals surface area contributed by atoms with E-state index in [9.17, 15) is 9.59 Å². The van der Waals surface area contributed by atoms with Crippen LogP contribution in [0.15, 0.2) is 5.11 Å². The first-order valence-corrected chi connectivity index (χ1v) is 8.97. The minimum Gasteiger partial charge on any atom is -0.379 e. The quantitative estimate of drug-likeness (QED) is 0.145. The second-order valence-corrected chi connectivity index (χ2v) is 6.10. The lowest BCUT2D eigenvalue weighted by atomic mass is 10.0. The molecule has 0 bridgehead atoms. The van der Waals surface area contributed by atoms with Crippen LogP contribution < -0.4 is 16.4 Å². The fourth-order valence-corrected chi connectivity index (χ4v) is 1.87. The van der Waals surface area contributed by atoms with Gasteiger partial charge in [0.1, 0.15) is 6.04 Å². The van der Waals surface area contributed by atoms with Crippen LogP contribution in [0.3, 0.4) is 0 Å². The van der Waals surface area contributed by atoms with Crippen LogP contribution in [-0.4, -0.2) is 76.6 Å². The highest BCUT2D eigenvalue weighted by Gasteiger charge is 2.24. The molecule has 0 aromatic rings. The number of nitrogens with one attached hydrogen (secondary N) is 2. The number of azide groups is 1. The molecule has 4 N–H and O–H groups in total. The van der Waals surface area contributed by atoms with Gasteiger partial charge in [0.2, 0.25) is 11.8 Å². The summed E-state index contributed by atoms with van der Waals surface area (Å²) >= 11 is 0. The van der Waals surface area contributed by atoms with Crippen LogP contribution in [0.5, 0.6) is 0 Å². The topological polar surface area (TPSA) is 161 Å². The summed E-state index contributed by atoms with van der Waals surface area (Å²) < 4.78 is 15.8. The van der Waals surface area contributed by atoms with Crippen molar-refractivity contribution in [3.8, 4) is 0 Å². The van der Waals surface area contributed by atoms with Crippen LogP contribution >= 0.6 is 0 Å². The molecule has 0 aliphatic carbocycles. The van der Waals surface area contributed by atoms with Crippen LogP contribution in [0.4, 0.5) is 0 Å². The van der Waals surface area contributed by atoms with Crippen molar-refractivity contribution >= 4 is 11.8 Å². The second-order valence-electron chi connectivity index (χ2n) is 6.10. The van der Waals surface area contributed by atoms with E-state index in [4.69, 9.17) is 25.5 Å². The van der Waals surface area contributed by atoms with Crippen molar-refractivity contribution in [2.24, 2.45) is 16.8 Å². The number of carbonyl (C=O) groups excluding carboxylic acids is 2. The third-order valence-electron chi connectivity index (χ3n) is 3.35. The van der Waals surface area contributed by atoms with E-state index in [1.54, 1.807) is 6.92 Å². The van der Waals surface area contributed by atoms with Crippen LogP contribution in [0.25, 0.3) is 10.4 Å². The molecule has 0 spiro atoms. The Morgan fingerprint density at radius 1 is 1.00 bits per heavy atom. The van der Waals surface area contributed by atoms with Crippen LogP contribution in [-0.2, 0) is 23.8 Å². The lowest BCUT2D eigenvalue weighted by molar-refractivity contribution is -0.130. The van der Waals surface area contributed by atoms with Gasteiger partial charge < -0.3 is 30.6 Å². The van der Waals surface area contributed by atoms with Gasteiger partial charge >= 0.3 is 0 Å². The highest BCUT2D eigenvalue weighted by atomic mass is 16.5. The van der Waals surface area contributed by atoms with E-state index in [2.05, 4.69) is 20.7 Å². The predicted molar refractivity (Wildman–Crippen MR) is 99.9 cm³/mol. The summed E-state index contributed by atoms with van der Waals surface area (Å²) in [5.41, 5.74) is 13.6. The average Bonchev–Trinajstić information content (AvgIpc) is 2.62. The molecule has 11 heteroatoms. The SMILES string of the molecule is CC(C)[C@@H](NC(=O)[C@@H](C)N)C(=O)NCCOCCOCCOCCN=[N+]=[N-]. The number of hydrogen-bond donors (Lipinski definition) is 3. The third kappa shape index (κ3) is 13.9. The minimum absolute atomic E-state index is 0.0593. The summed E-state index contributed by atoms with van der Waals surface area (Å²) in [7, 11) is 0. The van der Waals surface area contributed by atoms with Gasteiger partial charge in [-0.05, 0) is 18.4 Å². The molecular formula is C16H32N6O5. The Balaban J connectivity index is 3.68. The molecule has 0 aliphatic heterocycles. The largest absolute Gasteiger partial charge is 0.379 e. The van der Waals surface area contributed by atoms with Crippen molar-refractivity contribution in [1.29, 1.82) is 0 Å². The summed E-state index contributed by atoms with van der Waals surface area (Å²) in [6.07, 6.45) is 0. The minimum atomic E-state index is -0.668. The lowest BCUT2D eigenvalue weighted by Gasteiger charge is -2.22. The standard InChI is InChI=1S/C16H32N6O5/c1-12(2)14(21-15(23)13(3)17)16(24)19-4-6-25-8-10-27-11-9-26-7-5-20-22-18/h12-14H,4-11,17H2,1-3H3,(H,19,24)(H,21,23)/t13-,14-/m1/s1. The molecule has 156 valence electrons. The van der Waals surface area contributed by atoms with Crippen molar-refractivity contribution in [2.75, 3.05) is 52.7 Å². The van der Waals surface area contributed by atoms with Gasteiger partial charge in [0.05, 0.1) is 45.7 Å². The number of amides is 2. The second kappa shape index (κ2) is 16.3. The van der Waals surface area contributed by atoms with Crippen LogP contribution in [0, 0.1) is 5.92 Å². The number of nitrogens with two attached hydrogens (primary N) is 1. The Morgan fingerprint density at radius 3 is 2.07 bits per heavy atom. The van der Waals surface area contributed by atoms with Gasteiger partial charge in [-0.15, -0.1) is 0 Å². The molecule has 0 rings (SSSR count). The Kier molecular flexibility index (Phi) is 15.1. The summed E-state index contributed by atoms with van der Waals surface area (Å²) in [4.78, 5) is 26.4. The van der Waals surface area contributed by atoms with Crippen molar-refractivity contribution in [3.63, 3.8) is 0 Å². The molecule has 2 atom stereocenters. The van der Waals surface area contributed by atoms with E-state index in [1.807, 2.05) is 13.8 Å². The summed E-state index contributed by atoms with van der Waals surface area (Å²) in [6.45, 7) is 8.24. The molecule has 0 aliphatic rings. The van der Waals surface area contributed by atoms with Gasteiger partial charge in [-0.25, -0.2) is 0 Å². The molecule has 0 fully saturated rings. The normalized spacial score (nSPS) is 12.9. The average molecular weight is 388 g/mol. The fourth-order valence-electron chi connectivity index (χ4n) is 1.87. The van der Waals surface area contributed by atoms with E-state index in [0.29, 0.717) is 52.7 Å². The molecule has 0 unspecified atom stereocenters. The van der Waals surface area contributed by atoms with Crippen molar-refractivity contribution in [3.05, 3.63) is 10.4 Å².